The summed E-state index contributed by atoms with van der Waals surface area (Å²) in [6.07, 6.45) is 1.57. The Morgan fingerprint density at radius 1 is 1.30 bits per heavy atom. The maximum Gasteiger partial charge on any atom is 0.352 e. The van der Waals surface area contributed by atoms with Crippen LogP contribution >= 0.6 is 11.6 Å². The van der Waals surface area contributed by atoms with E-state index in [1.807, 2.05) is 0 Å². The second-order valence-electron chi connectivity index (χ2n) is 4.31. The van der Waals surface area contributed by atoms with Gasteiger partial charge in [-0.05, 0) is 30.7 Å². The SMILES string of the molecule is Cc1ccn(CC(=O)Nc2ccccc2Cl)c1C(=O)O. The molecule has 2 N–H and O–H groups in total. The number of carboxylic acid groups (broad SMARTS) is 1. The Bertz CT molecular complexity index is 664. The summed E-state index contributed by atoms with van der Waals surface area (Å²) < 4.78 is 1.39. The lowest BCUT2D eigenvalue weighted by atomic mass is 10.3. The molecule has 104 valence electrons. The van der Waals surface area contributed by atoms with E-state index in [1.54, 1.807) is 43.5 Å². The normalized spacial score (nSPS) is 10.3. The van der Waals surface area contributed by atoms with E-state index in [4.69, 9.17) is 16.7 Å². The fourth-order valence-corrected chi connectivity index (χ4v) is 2.10. The Kier molecular flexibility index (Phi) is 4.10. The molecule has 0 aliphatic carbocycles. The van der Waals surface area contributed by atoms with Gasteiger partial charge in [-0.25, -0.2) is 4.79 Å². The topological polar surface area (TPSA) is 71.3 Å². The third-order valence-electron chi connectivity index (χ3n) is 2.83. The van der Waals surface area contributed by atoms with E-state index in [2.05, 4.69) is 5.32 Å². The lowest BCUT2D eigenvalue weighted by Crippen LogP contribution is -2.21. The average Bonchev–Trinajstić information content (AvgIpc) is 2.73. The van der Waals surface area contributed by atoms with Crippen LogP contribution in [0.5, 0.6) is 0 Å². The lowest BCUT2D eigenvalue weighted by molar-refractivity contribution is -0.116. The first-order valence-corrected chi connectivity index (χ1v) is 6.30. The average molecular weight is 293 g/mol. The van der Waals surface area contributed by atoms with Crippen molar-refractivity contribution in [3.63, 3.8) is 0 Å². The molecule has 2 aromatic rings. The Balaban J connectivity index is 2.13. The molecule has 0 bridgehead atoms. The number of nitrogens with zero attached hydrogens (tertiary/aromatic N) is 1. The van der Waals surface area contributed by atoms with Gasteiger partial charge in [-0.3, -0.25) is 4.79 Å². The number of benzene rings is 1. The number of hydrogen-bond acceptors (Lipinski definition) is 2. The van der Waals surface area contributed by atoms with Gasteiger partial charge in [-0.1, -0.05) is 23.7 Å². The molecule has 1 aromatic carbocycles. The van der Waals surface area contributed by atoms with Crippen LogP contribution in [0.4, 0.5) is 5.69 Å². The first-order valence-electron chi connectivity index (χ1n) is 5.92. The van der Waals surface area contributed by atoms with Crippen LogP contribution in [0, 0.1) is 6.92 Å². The molecule has 6 heteroatoms. The van der Waals surface area contributed by atoms with Gasteiger partial charge in [0, 0.05) is 6.20 Å². The molecular weight excluding hydrogens is 280 g/mol. The standard InChI is InChI=1S/C14H13ClN2O3/c1-9-6-7-17(13(9)14(19)20)8-12(18)16-11-5-3-2-4-10(11)15/h2-7H,8H2,1H3,(H,16,18)(H,19,20). The summed E-state index contributed by atoms with van der Waals surface area (Å²) in [5.41, 5.74) is 1.22. The highest BCUT2D eigenvalue weighted by Gasteiger charge is 2.15. The van der Waals surface area contributed by atoms with Crippen LogP contribution in [-0.2, 0) is 11.3 Å². The summed E-state index contributed by atoms with van der Waals surface area (Å²) in [4.78, 5) is 23.1. The van der Waals surface area contributed by atoms with Crippen LogP contribution in [0.1, 0.15) is 16.1 Å². The predicted molar refractivity (Wildman–Crippen MR) is 76.2 cm³/mol. The smallest absolute Gasteiger partial charge is 0.352 e. The van der Waals surface area contributed by atoms with Gasteiger partial charge in [0.25, 0.3) is 0 Å². The molecular formula is C14H13ClN2O3. The van der Waals surface area contributed by atoms with Crippen molar-refractivity contribution in [3.05, 3.63) is 52.8 Å². The number of halogens is 1. The maximum absolute atomic E-state index is 11.9. The summed E-state index contributed by atoms with van der Waals surface area (Å²) >= 11 is 5.94. The van der Waals surface area contributed by atoms with Crippen LogP contribution < -0.4 is 5.32 Å². The van der Waals surface area contributed by atoms with Crippen molar-refractivity contribution in [2.45, 2.75) is 13.5 Å². The zero-order valence-corrected chi connectivity index (χ0v) is 11.5. The number of carboxylic acids is 1. The van der Waals surface area contributed by atoms with Gasteiger partial charge in [-0.2, -0.15) is 0 Å². The predicted octanol–water partition coefficient (Wildman–Crippen LogP) is 2.79. The van der Waals surface area contributed by atoms with Gasteiger partial charge < -0.3 is 15.0 Å². The summed E-state index contributed by atoms with van der Waals surface area (Å²) in [6.45, 7) is 1.60. The van der Waals surface area contributed by atoms with Gasteiger partial charge in [0.1, 0.15) is 12.2 Å². The summed E-state index contributed by atoms with van der Waals surface area (Å²) in [5.74, 6) is -1.39. The van der Waals surface area contributed by atoms with Gasteiger partial charge in [0.05, 0.1) is 10.7 Å². The zero-order valence-electron chi connectivity index (χ0n) is 10.8. The van der Waals surface area contributed by atoms with Crippen LogP contribution in [0.15, 0.2) is 36.5 Å². The molecule has 0 atom stereocenters. The summed E-state index contributed by atoms with van der Waals surface area (Å²) in [5, 5.41) is 12.2. The van der Waals surface area contributed by atoms with E-state index in [1.165, 1.54) is 4.57 Å². The molecule has 5 nitrogen and oxygen atoms in total. The molecule has 0 unspecified atom stereocenters. The van der Waals surface area contributed by atoms with Crippen LogP contribution in [0.25, 0.3) is 0 Å². The highest BCUT2D eigenvalue weighted by atomic mass is 35.5. The Morgan fingerprint density at radius 3 is 2.65 bits per heavy atom. The minimum atomic E-state index is -1.06. The van der Waals surface area contributed by atoms with E-state index in [0.717, 1.165) is 0 Å². The Hall–Kier alpha value is -2.27. The minimum Gasteiger partial charge on any atom is -0.477 e. The number of para-hydroxylation sites is 1. The van der Waals surface area contributed by atoms with Gasteiger partial charge in [0.2, 0.25) is 5.91 Å². The number of aromatic nitrogens is 1. The van der Waals surface area contributed by atoms with Crippen LogP contribution in [0.2, 0.25) is 5.02 Å². The second-order valence-corrected chi connectivity index (χ2v) is 4.72. The molecule has 0 aliphatic heterocycles. The third-order valence-corrected chi connectivity index (χ3v) is 3.16. The zero-order chi connectivity index (χ0) is 14.7. The minimum absolute atomic E-state index is 0.0826. The number of nitrogens with one attached hydrogen (secondary N) is 1. The summed E-state index contributed by atoms with van der Waals surface area (Å²) in [7, 11) is 0. The van der Waals surface area contributed by atoms with Crippen molar-refractivity contribution in [1.29, 1.82) is 0 Å². The fourth-order valence-electron chi connectivity index (χ4n) is 1.91. The third kappa shape index (κ3) is 3.00. The molecule has 1 heterocycles. The van der Waals surface area contributed by atoms with Crippen molar-refractivity contribution in [2.24, 2.45) is 0 Å². The molecule has 0 fully saturated rings. The first kappa shape index (κ1) is 14.1. The monoisotopic (exact) mass is 292 g/mol. The molecule has 20 heavy (non-hydrogen) atoms. The largest absolute Gasteiger partial charge is 0.477 e. The molecule has 0 spiro atoms. The Labute approximate surface area is 120 Å². The van der Waals surface area contributed by atoms with E-state index in [0.29, 0.717) is 16.3 Å². The van der Waals surface area contributed by atoms with E-state index < -0.39 is 5.97 Å². The molecule has 1 amide bonds. The number of carbonyl (C=O) groups is 2. The summed E-state index contributed by atoms with van der Waals surface area (Å²) in [6, 6.07) is 8.52. The van der Waals surface area contributed by atoms with Gasteiger partial charge in [-0.15, -0.1) is 0 Å². The number of anilines is 1. The molecule has 0 aliphatic rings. The molecule has 2 rings (SSSR count). The van der Waals surface area contributed by atoms with Crippen molar-refractivity contribution < 1.29 is 14.7 Å². The van der Waals surface area contributed by atoms with E-state index in [9.17, 15) is 9.59 Å². The molecule has 0 saturated heterocycles. The van der Waals surface area contributed by atoms with Crippen LogP contribution in [-0.4, -0.2) is 21.6 Å². The lowest BCUT2D eigenvalue weighted by Gasteiger charge is -2.09. The quantitative estimate of drug-likeness (QED) is 0.910. The molecule has 0 saturated carbocycles. The van der Waals surface area contributed by atoms with Crippen molar-refractivity contribution >= 4 is 29.2 Å². The van der Waals surface area contributed by atoms with E-state index >= 15 is 0 Å². The van der Waals surface area contributed by atoms with E-state index in [-0.39, 0.29) is 18.1 Å². The molecule has 1 aromatic heterocycles. The number of aryl methyl sites for hydroxylation is 1. The molecule has 0 radical (unpaired) electrons. The van der Waals surface area contributed by atoms with Gasteiger partial charge >= 0.3 is 5.97 Å². The number of aromatic carboxylic acids is 1. The number of amides is 1. The highest BCUT2D eigenvalue weighted by molar-refractivity contribution is 6.33. The second kappa shape index (κ2) is 5.79. The highest BCUT2D eigenvalue weighted by Crippen LogP contribution is 2.20. The fraction of sp³-hybridized carbons (Fsp3) is 0.143. The maximum atomic E-state index is 11.9. The first-order chi connectivity index (χ1) is 9.49. The number of rotatable bonds is 4. The van der Waals surface area contributed by atoms with Crippen LogP contribution in [0.3, 0.4) is 0 Å². The number of carbonyl (C=O) groups excluding carboxylic acids is 1. The van der Waals surface area contributed by atoms with Crippen molar-refractivity contribution in [2.75, 3.05) is 5.32 Å². The Morgan fingerprint density at radius 2 is 2.00 bits per heavy atom. The van der Waals surface area contributed by atoms with Gasteiger partial charge in [0.15, 0.2) is 0 Å². The number of hydrogen-bond donors (Lipinski definition) is 2. The van der Waals surface area contributed by atoms with Crippen molar-refractivity contribution in [3.8, 4) is 0 Å². The van der Waals surface area contributed by atoms with Crippen molar-refractivity contribution in [1.82, 2.24) is 4.57 Å².